The summed E-state index contributed by atoms with van der Waals surface area (Å²) in [6.07, 6.45) is 3.08. The van der Waals surface area contributed by atoms with E-state index in [1.807, 2.05) is 26.0 Å². The van der Waals surface area contributed by atoms with Gasteiger partial charge in [0.05, 0.1) is 6.20 Å². The van der Waals surface area contributed by atoms with Gasteiger partial charge in [-0.3, -0.25) is 4.98 Å². The van der Waals surface area contributed by atoms with Crippen LogP contribution < -0.4 is 10.5 Å². The molecule has 1 aromatic heterocycles. The Morgan fingerprint density at radius 1 is 1.30 bits per heavy atom. The molecule has 4 heteroatoms. The molecule has 0 saturated carbocycles. The van der Waals surface area contributed by atoms with E-state index in [0.717, 1.165) is 17.7 Å². The first-order chi connectivity index (χ1) is 9.58. The van der Waals surface area contributed by atoms with Gasteiger partial charge in [0.25, 0.3) is 0 Å². The maximum atomic E-state index is 13.4. The summed E-state index contributed by atoms with van der Waals surface area (Å²) in [4.78, 5) is 4.18. The molecule has 2 N–H and O–H groups in total. The molecule has 0 aliphatic carbocycles. The first kappa shape index (κ1) is 14.5. The lowest BCUT2D eigenvalue weighted by molar-refractivity contribution is 0.467. The van der Waals surface area contributed by atoms with E-state index in [0.29, 0.717) is 17.9 Å². The van der Waals surface area contributed by atoms with Crippen molar-refractivity contribution in [2.24, 2.45) is 5.73 Å². The number of nitrogens with zero attached hydrogens (tertiary/aromatic N) is 1. The molecular formula is C16H19FN2O. The Labute approximate surface area is 118 Å². The van der Waals surface area contributed by atoms with Gasteiger partial charge in [-0.15, -0.1) is 0 Å². The smallest absolute Gasteiger partial charge is 0.145 e. The minimum absolute atomic E-state index is 0.00436. The van der Waals surface area contributed by atoms with Gasteiger partial charge in [-0.05, 0) is 55.7 Å². The van der Waals surface area contributed by atoms with Crippen LogP contribution in [0.15, 0.2) is 36.5 Å². The SMILES string of the molecule is CCC(N)Cc1cc(F)ccc1Oc1ccc(C)nc1. The quantitative estimate of drug-likeness (QED) is 0.906. The van der Waals surface area contributed by atoms with Gasteiger partial charge in [0.1, 0.15) is 17.3 Å². The van der Waals surface area contributed by atoms with Crippen LogP contribution in [0, 0.1) is 12.7 Å². The van der Waals surface area contributed by atoms with Crippen molar-refractivity contribution >= 4 is 0 Å². The van der Waals surface area contributed by atoms with Crippen LogP contribution in [0.5, 0.6) is 11.5 Å². The second-order valence-electron chi connectivity index (χ2n) is 4.86. The number of aryl methyl sites for hydroxylation is 1. The third-order valence-electron chi connectivity index (χ3n) is 3.14. The summed E-state index contributed by atoms with van der Waals surface area (Å²) in [6.45, 7) is 3.92. The summed E-state index contributed by atoms with van der Waals surface area (Å²) in [5.74, 6) is 0.979. The number of hydrogen-bond acceptors (Lipinski definition) is 3. The highest BCUT2D eigenvalue weighted by atomic mass is 19.1. The van der Waals surface area contributed by atoms with Gasteiger partial charge in [0.2, 0.25) is 0 Å². The third kappa shape index (κ3) is 3.78. The van der Waals surface area contributed by atoms with Crippen molar-refractivity contribution in [2.45, 2.75) is 32.7 Å². The maximum absolute atomic E-state index is 13.4. The van der Waals surface area contributed by atoms with Crippen molar-refractivity contribution in [3.8, 4) is 11.5 Å². The van der Waals surface area contributed by atoms with Crippen LogP contribution in [0.1, 0.15) is 24.6 Å². The molecule has 1 aromatic carbocycles. The predicted octanol–water partition coefficient (Wildman–Crippen LogP) is 3.60. The van der Waals surface area contributed by atoms with E-state index in [2.05, 4.69) is 4.98 Å². The Balaban J connectivity index is 2.23. The lowest BCUT2D eigenvalue weighted by atomic mass is 10.0. The normalized spacial score (nSPS) is 12.2. The fourth-order valence-electron chi connectivity index (χ4n) is 1.88. The van der Waals surface area contributed by atoms with Crippen molar-refractivity contribution in [1.29, 1.82) is 0 Å². The molecule has 0 fully saturated rings. The van der Waals surface area contributed by atoms with E-state index < -0.39 is 0 Å². The Morgan fingerprint density at radius 2 is 2.10 bits per heavy atom. The largest absolute Gasteiger partial charge is 0.455 e. The molecule has 1 atom stereocenters. The first-order valence-corrected chi connectivity index (χ1v) is 6.73. The zero-order chi connectivity index (χ0) is 14.5. The van der Waals surface area contributed by atoms with Gasteiger partial charge in [-0.2, -0.15) is 0 Å². The molecule has 20 heavy (non-hydrogen) atoms. The van der Waals surface area contributed by atoms with E-state index in [1.165, 1.54) is 12.1 Å². The van der Waals surface area contributed by atoms with Crippen LogP contribution in [-0.4, -0.2) is 11.0 Å². The molecule has 2 rings (SSSR count). The Bertz CT molecular complexity index is 569. The van der Waals surface area contributed by atoms with Crippen molar-refractivity contribution in [3.05, 3.63) is 53.6 Å². The molecule has 1 heterocycles. The fraction of sp³-hybridized carbons (Fsp3) is 0.312. The zero-order valence-electron chi connectivity index (χ0n) is 11.8. The van der Waals surface area contributed by atoms with Gasteiger partial charge in [0, 0.05) is 11.7 Å². The number of halogens is 1. The van der Waals surface area contributed by atoms with E-state index >= 15 is 0 Å². The average Bonchev–Trinajstić information content (AvgIpc) is 2.44. The molecule has 0 spiro atoms. The molecule has 0 radical (unpaired) electrons. The van der Waals surface area contributed by atoms with Crippen molar-refractivity contribution in [1.82, 2.24) is 4.98 Å². The fourth-order valence-corrected chi connectivity index (χ4v) is 1.88. The van der Waals surface area contributed by atoms with E-state index in [1.54, 1.807) is 12.3 Å². The molecule has 2 aromatic rings. The second-order valence-corrected chi connectivity index (χ2v) is 4.86. The van der Waals surface area contributed by atoms with Crippen LogP contribution in [0.3, 0.4) is 0 Å². The second kappa shape index (κ2) is 6.48. The minimum atomic E-state index is -0.280. The highest BCUT2D eigenvalue weighted by Crippen LogP contribution is 2.27. The number of aromatic nitrogens is 1. The van der Waals surface area contributed by atoms with E-state index in [4.69, 9.17) is 10.5 Å². The third-order valence-corrected chi connectivity index (χ3v) is 3.14. The van der Waals surface area contributed by atoms with Crippen molar-refractivity contribution in [2.75, 3.05) is 0 Å². The molecular weight excluding hydrogens is 255 g/mol. The molecule has 106 valence electrons. The van der Waals surface area contributed by atoms with Crippen molar-refractivity contribution < 1.29 is 9.13 Å². The number of pyridine rings is 1. The highest BCUT2D eigenvalue weighted by molar-refractivity contribution is 5.38. The average molecular weight is 274 g/mol. The molecule has 0 amide bonds. The number of ether oxygens (including phenoxy) is 1. The van der Waals surface area contributed by atoms with Crippen LogP contribution in [0.4, 0.5) is 4.39 Å². The van der Waals surface area contributed by atoms with Gasteiger partial charge in [-0.1, -0.05) is 6.92 Å². The Hall–Kier alpha value is -1.94. The summed E-state index contributed by atoms with van der Waals surface area (Å²) >= 11 is 0. The van der Waals surface area contributed by atoms with Crippen LogP contribution in [-0.2, 0) is 6.42 Å². The maximum Gasteiger partial charge on any atom is 0.145 e. The predicted molar refractivity (Wildman–Crippen MR) is 77.4 cm³/mol. The Kier molecular flexibility index (Phi) is 4.69. The first-order valence-electron chi connectivity index (χ1n) is 6.73. The summed E-state index contributed by atoms with van der Waals surface area (Å²) in [6, 6.07) is 8.21. The molecule has 3 nitrogen and oxygen atoms in total. The van der Waals surface area contributed by atoms with E-state index in [9.17, 15) is 4.39 Å². The van der Waals surface area contributed by atoms with Gasteiger partial charge in [0.15, 0.2) is 0 Å². The summed E-state index contributed by atoms with van der Waals surface area (Å²) in [7, 11) is 0. The van der Waals surface area contributed by atoms with Crippen LogP contribution >= 0.6 is 0 Å². The van der Waals surface area contributed by atoms with Gasteiger partial charge < -0.3 is 10.5 Å². The number of nitrogens with two attached hydrogens (primary N) is 1. The topological polar surface area (TPSA) is 48.1 Å². The molecule has 0 bridgehead atoms. The van der Waals surface area contributed by atoms with Gasteiger partial charge >= 0.3 is 0 Å². The minimum Gasteiger partial charge on any atom is -0.455 e. The van der Waals surface area contributed by atoms with Gasteiger partial charge in [-0.25, -0.2) is 4.39 Å². The summed E-state index contributed by atoms with van der Waals surface area (Å²) in [5.41, 5.74) is 7.65. The van der Waals surface area contributed by atoms with Crippen LogP contribution in [0.2, 0.25) is 0 Å². The molecule has 0 saturated heterocycles. The number of rotatable bonds is 5. The summed E-state index contributed by atoms with van der Waals surface area (Å²) < 4.78 is 19.2. The molecule has 1 unspecified atom stereocenters. The van der Waals surface area contributed by atoms with Crippen LogP contribution in [0.25, 0.3) is 0 Å². The Morgan fingerprint density at radius 3 is 2.75 bits per heavy atom. The van der Waals surface area contributed by atoms with E-state index in [-0.39, 0.29) is 11.9 Å². The lowest BCUT2D eigenvalue weighted by Gasteiger charge is -2.14. The number of hydrogen-bond donors (Lipinski definition) is 1. The lowest BCUT2D eigenvalue weighted by Crippen LogP contribution is -2.21. The van der Waals surface area contributed by atoms with Crippen molar-refractivity contribution in [3.63, 3.8) is 0 Å². The summed E-state index contributed by atoms with van der Waals surface area (Å²) in [5, 5.41) is 0. The number of benzene rings is 1. The molecule has 0 aliphatic rings. The molecule has 0 aliphatic heterocycles. The highest BCUT2D eigenvalue weighted by Gasteiger charge is 2.10. The zero-order valence-corrected chi connectivity index (χ0v) is 11.8. The monoisotopic (exact) mass is 274 g/mol. The standard InChI is InChI=1S/C16H19FN2O/c1-3-14(18)9-12-8-13(17)5-7-16(12)20-15-6-4-11(2)19-10-15/h4-8,10,14H,3,9,18H2,1-2H3.